The van der Waals surface area contributed by atoms with Crippen molar-refractivity contribution in [1.82, 2.24) is 0 Å². The molecule has 0 bridgehead atoms. The topological polar surface area (TPSA) is 93.1 Å². The van der Waals surface area contributed by atoms with E-state index in [9.17, 15) is 9.59 Å². The number of benzene rings is 2. The van der Waals surface area contributed by atoms with Gasteiger partial charge in [-0.3, -0.25) is 0 Å². The van der Waals surface area contributed by atoms with Crippen LogP contribution in [0.15, 0.2) is 48.5 Å². The summed E-state index contributed by atoms with van der Waals surface area (Å²) in [5, 5.41) is 17.9. The minimum atomic E-state index is -1.26. The maximum Gasteiger partial charge on any atom is 0.335 e. The van der Waals surface area contributed by atoms with E-state index in [0.717, 1.165) is 0 Å². The van der Waals surface area contributed by atoms with Gasteiger partial charge in [0.15, 0.2) is 0 Å². The average molecular weight is 316 g/mol. The summed E-state index contributed by atoms with van der Waals surface area (Å²) in [4.78, 5) is 21.9. The summed E-state index contributed by atoms with van der Waals surface area (Å²) >= 11 is 0. The number of hydrogen-bond acceptors (Lipinski definition) is 4. The van der Waals surface area contributed by atoms with Gasteiger partial charge in [-0.2, -0.15) is 0 Å². The van der Waals surface area contributed by atoms with Gasteiger partial charge in [-0.25, -0.2) is 9.59 Å². The summed E-state index contributed by atoms with van der Waals surface area (Å²) in [7, 11) is 2.92. The number of aromatic carboxylic acids is 2. The maximum atomic E-state index is 11.0. The van der Waals surface area contributed by atoms with Crippen molar-refractivity contribution in [2.45, 2.75) is 5.79 Å². The molecular formula is C17H16O6. The largest absolute Gasteiger partial charge is 0.478 e. The second-order valence-corrected chi connectivity index (χ2v) is 4.79. The van der Waals surface area contributed by atoms with Gasteiger partial charge in [0.05, 0.1) is 11.1 Å². The van der Waals surface area contributed by atoms with Crippen LogP contribution in [0.25, 0.3) is 0 Å². The first-order chi connectivity index (χ1) is 10.9. The van der Waals surface area contributed by atoms with Gasteiger partial charge in [-0.15, -0.1) is 0 Å². The number of methoxy groups -OCH3 is 2. The van der Waals surface area contributed by atoms with E-state index in [4.69, 9.17) is 19.7 Å². The molecule has 6 nitrogen and oxygen atoms in total. The Balaban J connectivity index is 2.49. The zero-order valence-electron chi connectivity index (χ0n) is 12.6. The molecule has 2 aromatic rings. The highest BCUT2D eigenvalue weighted by molar-refractivity contribution is 5.88. The highest BCUT2D eigenvalue weighted by Gasteiger charge is 2.34. The number of carbonyl (C=O) groups is 2. The summed E-state index contributed by atoms with van der Waals surface area (Å²) in [6.07, 6.45) is 0. The monoisotopic (exact) mass is 316 g/mol. The van der Waals surface area contributed by atoms with Gasteiger partial charge in [-0.05, 0) is 24.3 Å². The van der Waals surface area contributed by atoms with Crippen molar-refractivity contribution in [1.29, 1.82) is 0 Å². The molecular weight excluding hydrogens is 300 g/mol. The van der Waals surface area contributed by atoms with E-state index in [0.29, 0.717) is 11.1 Å². The fourth-order valence-electron chi connectivity index (χ4n) is 2.39. The van der Waals surface area contributed by atoms with Crippen molar-refractivity contribution in [2.24, 2.45) is 0 Å². The Bertz CT molecular complexity index is 639. The Labute approximate surface area is 132 Å². The minimum Gasteiger partial charge on any atom is -0.478 e. The van der Waals surface area contributed by atoms with Gasteiger partial charge in [0.1, 0.15) is 0 Å². The van der Waals surface area contributed by atoms with Crippen LogP contribution in [0.4, 0.5) is 0 Å². The Morgan fingerprint density at radius 3 is 1.26 bits per heavy atom. The Morgan fingerprint density at radius 2 is 1.04 bits per heavy atom. The molecule has 0 aromatic heterocycles. The van der Waals surface area contributed by atoms with Crippen LogP contribution in [0, 0.1) is 0 Å². The molecule has 2 rings (SSSR count). The molecule has 120 valence electrons. The molecule has 2 N–H and O–H groups in total. The van der Waals surface area contributed by atoms with E-state index in [1.165, 1.54) is 38.5 Å². The van der Waals surface area contributed by atoms with E-state index in [2.05, 4.69) is 0 Å². The first-order valence-corrected chi connectivity index (χ1v) is 6.72. The smallest absolute Gasteiger partial charge is 0.335 e. The summed E-state index contributed by atoms with van der Waals surface area (Å²) in [5.74, 6) is -3.31. The van der Waals surface area contributed by atoms with Crippen molar-refractivity contribution in [3.63, 3.8) is 0 Å². The molecule has 0 aliphatic heterocycles. The van der Waals surface area contributed by atoms with Crippen molar-refractivity contribution in [3.8, 4) is 0 Å². The van der Waals surface area contributed by atoms with Crippen LogP contribution in [-0.2, 0) is 15.3 Å². The third kappa shape index (κ3) is 3.08. The molecule has 0 amide bonds. The number of carboxylic acid groups (broad SMARTS) is 2. The highest BCUT2D eigenvalue weighted by atomic mass is 16.7. The van der Waals surface area contributed by atoms with Crippen LogP contribution < -0.4 is 0 Å². The SMILES string of the molecule is COC(OC)(c1ccc(C(=O)O)cc1)c1ccc(C(=O)O)cc1. The van der Waals surface area contributed by atoms with E-state index >= 15 is 0 Å². The Kier molecular flexibility index (Phi) is 4.78. The van der Waals surface area contributed by atoms with Crippen LogP contribution in [0.5, 0.6) is 0 Å². The molecule has 0 saturated heterocycles. The predicted molar refractivity (Wildman–Crippen MR) is 81.6 cm³/mol. The van der Waals surface area contributed by atoms with Crippen LogP contribution in [0.2, 0.25) is 0 Å². The lowest BCUT2D eigenvalue weighted by Gasteiger charge is -2.32. The molecule has 0 aliphatic carbocycles. The molecule has 6 heteroatoms. The Hall–Kier alpha value is -2.70. The lowest BCUT2D eigenvalue weighted by Crippen LogP contribution is -2.32. The third-order valence-electron chi connectivity index (χ3n) is 3.60. The molecule has 0 saturated carbocycles. The van der Waals surface area contributed by atoms with E-state index in [-0.39, 0.29) is 11.1 Å². The zero-order chi connectivity index (χ0) is 17.0. The Morgan fingerprint density at radius 1 is 0.739 bits per heavy atom. The quantitative estimate of drug-likeness (QED) is 0.796. The standard InChI is InChI=1S/C17H16O6/c1-22-17(23-2,13-7-3-11(4-8-13)15(18)19)14-9-5-12(6-10-14)16(20)21/h3-10H,1-2H3,(H,18,19)(H,20,21). The summed E-state index contributed by atoms with van der Waals surface area (Å²) in [6.45, 7) is 0. The van der Waals surface area contributed by atoms with E-state index in [1.54, 1.807) is 24.3 Å². The average Bonchev–Trinajstić information content (AvgIpc) is 2.57. The van der Waals surface area contributed by atoms with Crippen LogP contribution in [-0.4, -0.2) is 36.4 Å². The lowest BCUT2D eigenvalue weighted by atomic mass is 9.95. The first kappa shape index (κ1) is 16.7. The number of rotatable bonds is 6. The van der Waals surface area contributed by atoms with Gasteiger partial charge < -0.3 is 19.7 Å². The van der Waals surface area contributed by atoms with Crippen molar-refractivity contribution in [3.05, 3.63) is 70.8 Å². The van der Waals surface area contributed by atoms with Gasteiger partial charge in [0.2, 0.25) is 5.79 Å². The normalized spacial score (nSPS) is 11.2. The first-order valence-electron chi connectivity index (χ1n) is 6.72. The third-order valence-corrected chi connectivity index (χ3v) is 3.60. The van der Waals surface area contributed by atoms with Gasteiger partial charge >= 0.3 is 11.9 Å². The van der Waals surface area contributed by atoms with Crippen molar-refractivity contribution in [2.75, 3.05) is 14.2 Å². The predicted octanol–water partition coefficient (Wildman–Crippen LogP) is 2.58. The fraction of sp³-hybridized carbons (Fsp3) is 0.176. The second kappa shape index (κ2) is 6.60. The van der Waals surface area contributed by atoms with Crippen molar-refractivity contribution < 1.29 is 29.3 Å². The second-order valence-electron chi connectivity index (χ2n) is 4.79. The van der Waals surface area contributed by atoms with Gasteiger partial charge in [-0.1, -0.05) is 24.3 Å². The summed E-state index contributed by atoms with van der Waals surface area (Å²) in [6, 6.07) is 12.2. The van der Waals surface area contributed by atoms with Crippen LogP contribution in [0.1, 0.15) is 31.8 Å². The molecule has 0 atom stereocenters. The summed E-state index contributed by atoms with van der Waals surface area (Å²) < 4.78 is 11.1. The molecule has 23 heavy (non-hydrogen) atoms. The molecule has 0 aliphatic rings. The molecule has 2 aromatic carbocycles. The number of ether oxygens (including phenoxy) is 2. The van der Waals surface area contributed by atoms with E-state index in [1.807, 2.05) is 0 Å². The van der Waals surface area contributed by atoms with Crippen LogP contribution >= 0.6 is 0 Å². The zero-order valence-corrected chi connectivity index (χ0v) is 12.6. The van der Waals surface area contributed by atoms with Crippen molar-refractivity contribution >= 4 is 11.9 Å². The van der Waals surface area contributed by atoms with Crippen LogP contribution in [0.3, 0.4) is 0 Å². The minimum absolute atomic E-state index is 0.149. The highest BCUT2D eigenvalue weighted by Crippen LogP contribution is 2.34. The number of hydrogen-bond donors (Lipinski definition) is 2. The molecule has 0 unspecified atom stereocenters. The molecule has 0 fully saturated rings. The molecule has 0 heterocycles. The van der Waals surface area contributed by atoms with Gasteiger partial charge in [0.25, 0.3) is 0 Å². The summed E-state index contributed by atoms with van der Waals surface area (Å²) in [5.41, 5.74) is 1.48. The number of carboxylic acids is 2. The lowest BCUT2D eigenvalue weighted by molar-refractivity contribution is -0.183. The van der Waals surface area contributed by atoms with Gasteiger partial charge in [0, 0.05) is 25.3 Å². The maximum absolute atomic E-state index is 11.0. The molecule has 0 radical (unpaired) electrons. The fourth-order valence-corrected chi connectivity index (χ4v) is 2.39. The molecule has 0 spiro atoms. The van der Waals surface area contributed by atoms with E-state index < -0.39 is 17.7 Å².